The van der Waals surface area contributed by atoms with E-state index in [4.69, 9.17) is 5.14 Å². The maximum atomic E-state index is 10.6. The van der Waals surface area contributed by atoms with Crippen molar-refractivity contribution in [2.45, 2.75) is 0 Å². The van der Waals surface area contributed by atoms with Crippen LogP contribution in [0.25, 0.3) is 10.1 Å². The van der Waals surface area contributed by atoms with Crippen molar-refractivity contribution in [2.75, 3.05) is 0 Å². The highest BCUT2D eigenvalue weighted by Crippen LogP contribution is 2.31. The molecule has 2 aromatic rings. The average Bonchev–Trinajstić information content (AvgIpc) is 2.42. The Morgan fingerprint density at radius 2 is 2.00 bits per heavy atom. The van der Waals surface area contributed by atoms with E-state index >= 15 is 0 Å². The molecule has 4 nitrogen and oxygen atoms in total. The summed E-state index contributed by atoms with van der Waals surface area (Å²) in [5.74, 6) is 0. The molecule has 14 heavy (non-hydrogen) atoms. The van der Waals surface area contributed by atoms with Crippen LogP contribution in [-0.2, 0) is 10.3 Å². The predicted molar refractivity (Wildman–Crippen MR) is 55.6 cm³/mol. The van der Waals surface area contributed by atoms with Crippen LogP contribution in [0.2, 0.25) is 0 Å². The molecule has 2 N–H and O–H groups in total. The van der Waals surface area contributed by atoms with Crippen molar-refractivity contribution in [3.8, 4) is 5.06 Å². The summed E-state index contributed by atoms with van der Waals surface area (Å²) in [4.78, 5) is 0. The molecule has 0 saturated heterocycles. The van der Waals surface area contributed by atoms with Gasteiger partial charge in [0.2, 0.25) is 0 Å². The fraction of sp³-hybridized carbons (Fsp3) is 0. The topological polar surface area (TPSA) is 69.4 Å². The Balaban J connectivity index is 2.46. The van der Waals surface area contributed by atoms with Gasteiger partial charge in [-0.15, -0.1) is 0 Å². The van der Waals surface area contributed by atoms with Gasteiger partial charge in [0.25, 0.3) is 0 Å². The molecule has 0 aliphatic heterocycles. The third-order valence-corrected chi connectivity index (χ3v) is 3.11. The van der Waals surface area contributed by atoms with E-state index in [9.17, 15) is 8.42 Å². The summed E-state index contributed by atoms with van der Waals surface area (Å²) >= 11 is 1.24. The summed E-state index contributed by atoms with van der Waals surface area (Å²) in [6.45, 7) is 0. The van der Waals surface area contributed by atoms with Crippen molar-refractivity contribution in [1.82, 2.24) is 0 Å². The number of benzene rings is 1. The molecule has 1 aromatic heterocycles. The molecule has 2 rings (SSSR count). The first-order valence-electron chi connectivity index (χ1n) is 3.75. The molecule has 0 amide bonds. The quantitative estimate of drug-likeness (QED) is 0.848. The minimum atomic E-state index is -3.91. The Bertz CT molecular complexity index is 526. The zero-order chi connectivity index (χ0) is 10.2. The summed E-state index contributed by atoms with van der Waals surface area (Å²) in [7, 11) is -3.91. The lowest BCUT2D eigenvalue weighted by molar-refractivity contribution is 0.494. The van der Waals surface area contributed by atoms with Crippen LogP contribution in [-0.4, -0.2) is 8.42 Å². The van der Waals surface area contributed by atoms with Gasteiger partial charge in [-0.2, -0.15) is 13.6 Å². The summed E-state index contributed by atoms with van der Waals surface area (Å²) in [6, 6.07) is 9.15. The zero-order valence-electron chi connectivity index (χ0n) is 7.01. The van der Waals surface area contributed by atoms with E-state index in [-0.39, 0.29) is 5.06 Å². The Morgan fingerprint density at radius 1 is 1.29 bits per heavy atom. The van der Waals surface area contributed by atoms with Gasteiger partial charge >= 0.3 is 10.3 Å². The number of fused-ring (bicyclic) bond motifs is 1. The van der Waals surface area contributed by atoms with Crippen LogP contribution in [0.4, 0.5) is 0 Å². The van der Waals surface area contributed by atoms with Crippen molar-refractivity contribution in [2.24, 2.45) is 5.14 Å². The highest BCUT2D eigenvalue weighted by molar-refractivity contribution is 7.84. The van der Waals surface area contributed by atoms with Crippen molar-refractivity contribution in [3.63, 3.8) is 0 Å². The van der Waals surface area contributed by atoms with Gasteiger partial charge < -0.3 is 4.18 Å². The van der Waals surface area contributed by atoms with Gasteiger partial charge in [-0.1, -0.05) is 29.5 Å². The monoisotopic (exact) mass is 229 g/mol. The number of hydrogen-bond donors (Lipinski definition) is 1. The van der Waals surface area contributed by atoms with Crippen LogP contribution in [0.3, 0.4) is 0 Å². The van der Waals surface area contributed by atoms with Gasteiger partial charge in [-0.25, -0.2) is 0 Å². The first-order valence-corrected chi connectivity index (χ1v) is 6.04. The minimum Gasteiger partial charge on any atom is -0.360 e. The van der Waals surface area contributed by atoms with Crippen molar-refractivity contribution in [1.29, 1.82) is 0 Å². The maximum absolute atomic E-state index is 10.6. The highest BCUT2D eigenvalue weighted by atomic mass is 32.2. The fourth-order valence-electron chi connectivity index (χ4n) is 1.11. The Hall–Kier alpha value is -1.11. The van der Waals surface area contributed by atoms with E-state index in [1.807, 2.05) is 24.3 Å². The summed E-state index contributed by atoms with van der Waals surface area (Å²) < 4.78 is 26.8. The summed E-state index contributed by atoms with van der Waals surface area (Å²) in [5, 5.41) is 5.97. The molecule has 74 valence electrons. The molecule has 0 aliphatic rings. The van der Waals surface area contributed by atoms with Crippen LogP contribution in [0.1, 0.15) is 0 Å². The number of rotatable bonds is 2. The van der Waals surface area contributed by atoms with Gasteiger partial charge in [0.1, 0.15) is 0 Å². The molecular weight excluding hydrogens is 222 g/mol. The van der Waals surface area contributed by atoms with Crippen LogP contribution >= 0.6 is 11.3 Å². The molecule has 0 unspecified atom stereocenters. The minimum absolute atomic E-state index is 0.286. The second-order valence-corrected chi connectivity index (χ2v) is 4.88. The van der Waals surface area contributed by atoms with Crippen molar-refractivity contribution in [3.05, 3.63) is 30.3 Å². The Morgan fingerprint density at radius 3 is 2.64 bits per heavy atom. The van der Waals surface area contributed by atoms with Gasteiger partial charge in [0.15, 0.2) is 5.06 Å². The van der Waals surface area contributed by atoms with Gasteiger partial charge in [0.05, 0.1) is 0 Å². The molecular formula is C8H7NO3S2. The van der Waals surface area contributed by atoms with E-state index in [1.165, 1.54) is 11.3 Å². The smallest absolute Gasteiger partial charge is 0.360 e. The van der Waals surface area contributed by atoms with Crippen LogP contribution in [0.5, 0.6) is 5.06 Å². The van der Waals surface area contributed by atoms with E-state index in [0.29, 0.717) is 0 Å². The largest absolute Gasteiger partial charge is 0.380 e. The summed E-state index contributed by atoms with van der Waals surface area (Å²) in [5.41, 5.74) is 0. The van der Waals surface area contributed by atoms with Crippen LogP contribution < -0.4 is 9.32 Å². The van der Waals surface area contributed by atoms with Crippen molar-refractivity contribution < 1.29 is 12.6 Å². The zero-order valence-corrected chi connectivity index (χ0v) is 8.64. The fourth-order valence-corrected chi connectivity index (χ4v) is 2.60. The molecule has 6 heteroatoms. The lowest BCUT2D eigenvalue weighted by Crippen LogP contribution is -2.18. The number of thiophene rings is 1. The molecule has 0 atom stereocenters. The first-order chi connectivity index (χ1) is 6.54. The second-order valence-electron chi connectivity index (χ2n) is 2.68. The maximum Gasteiger partial charge on any atom is 0.380 e. The third kappa shape index (κ3) is 2.03. The number of hydrogen-bond acceptors (Lipinski definition) is 4. The SMILES string of the molecule is NS(=O)(=O)Oc1cc2ccccc2s1. The molecule has 0 fully saturated rings. The molecule has 0 radical (unpaired) electrons. The van der Waals surface area contributed by atoms with Crippen LogP contribution in [0.15, 0.2) is 30.3 Å². The van der Waals surface area contributed by atoms with Crippen LogP contribution in [0, 0.1) is 0 Å². The van der Waals surface area contributed by atoms with Gasteiger partial charge in [-0.05, 0) is 11.5 Å². The highest BCUT2D eigenvalue weighted by Gasteiger charge is 2.08. The van der Waals surface area contributed by atoms with Gasteiger partial charge in [0, 0.05) is 10.8 Å². The average molecular weight is 229 g/mol. The van der Waals surface area contributed by atoms with E-state index in [2.05, 4.69) is 4.18 Å². The molecule has 1 heterocycles. The Labute approximate surface area is 85.2 Å². The molecule has 0 bridgehead atoms. The molecule has 1 aromatic carbocycles. The number of nitrogens with two attached hydrogens (primary N) is 1. The second kappa shape index (κ2) is 3.23. The third-order valence-electron chi connectivity index (χ3n) is 1.60. The normalized spacial score (nSPS) is 11.8. The molecule has 0 saturated carbocycles. The first kappa shape index (κ1) is 9.45. The molecule has 0 spiro atoms. The predicted octanol–water partition coefficient (Wildman–Crippen LogP) is 1.48. The van der Waals surface area contributed by atoms with Crippen molar-refractivity contribution >= 4 is 31.7 Å². The summed E-state index contributed by atoms with van der Waals surface area (Å²) in [6.07, 6.45) is 0. The lowest BCUT2D eigenvalue weighted by Gasteiger charge is -1.95. The van der Waals surface area contributed by atoms with E-state index in [0.717, 1.165) is 10.1 Å². The van der Waals surface area contributed by atoms with E-state index in [1.54, 1.807) is 6.07 Å². The molecule has 0 aliphatic carbocycles. The lowest BCUT2D eigenvalue weighted by atomic mass is 10.3. The van der Waals surface area contributed by atoms with Gasteiger partial charge in [-0.3, -0.25) is 0 Å². The standard InChI is InChI=1S/C8H7NO3S2/c9-14(10,11)12-8-5-6-3-1-2-4-7(6)13-8/h1-5H,(H2,9,10,11). The van der Waals surface area contributed by atoms with E-state index < -0.39 is 10.3 Å². The Kier molecular flexibility index (Phi) is 2.18.